The van der Waals surface area contributed by atoms with Crippen LogP contribution in [0.15, 0.2) is 22.7 Å². The molecular weight excluding hydrogens is 310 g/mol. The number of carbonyl (C=O) groups is 2. The summed E-state index contributed by atoms with van der Waals surface area (Å²) in [5, 5.41) is 2.66. The minimum Gasteiger partial charge on any atom is -0.465 e. The Bertz CT molecular complexity index is 543. The second-order valence-electron chi connectivity index (χ2n) is 3.72. The van der Waals surface area contributed by atoms with Crippen LogP contribution in [0.25, 0.3) is 0 Å². The normalized spacial score (nSPS) is 9.21. The summed E-state index contributed by atoms with van der Waals surface area (Å²) in [6.45, 7) is 2.00. The molecule has 19 heavy (non-hydrogen) atoms. The molecule has 0 atom stereocenters. The van der Waals surface area contributed by atoms with E-state index in [1.807, 2.05) is 0 Å². The number of hydrogen-bond donors (Lipinski definition) is 1. The van der Waals surface area contributed by atoms with E-state index >= 15 is 0 Å². The molecule has 0 spiro atoms. The third kappa shape index (κ3) is 5.14. The first-order valence-corrected chi connectivity index (χ1v) is 6.45. The van der Waals surface area contributed by atoms with E-state index in [0.717, 1.165) is 10.0 Å². The largest absolute Gasteiger partial charge is 0.465 e. The fourth-order valence-electron chi connectivity index (χ4n) is 1.32. The highest BCUT2D eigenvalue weighted by Gasteiger charge is 2.06. The van der Waals surface area contributed by atoms with Crippen LogP contribution in [-0.2, 0) is 9.53 Å². The lowest BCUT2D eigenvalue weighted by Crippen LogP contribution is -2.20. The molecule has 4 nitrogen and oxygen atoms in total. The average Bonchev–Trinajstić information content (AvgIpc) is 2.38. The zero-order valence-electron chi connectivity index (χ0n) is 10.7. The first-order valence-electron chi connectivity index (χ1n) is 5.65. The summed E-state index contributed by atoms with van der Waals surface area (Å²) in [5.74, 6) is 5.47. The molecule has 0 aromatic heterocycles. The van der Waals surface area contributed by atoms with E-state index in [4.69, 9.17) is 0 Å². The highest BCUT2D eigenvalue weighted by atomic mass is 79.9. The number of ether oxygens (including phenoxy) is 1. The van der Waals surface area contributed by atoms with Gasteiger partial charge >= 0.3 is 5.97 Å². The van der Waals surface area contributed by atoms with E-state index in [1.165, 1.54) is 14.0 Å². The quantitative estimate of drug-likeness (QED) is 0.526. The molecule has 0 radical (unpaired) electrons. The SMILES string of the molecule is COC(=O)c1ccc(C#CCCNC(C)=O)c(Br)c1. The van der Waals surface area contributed by atoms with Gasteiger partial charge in [0, 0.05) is 29.9 Å². The van der Waals surface area contributed by atoms with E-state index in [1.54, 1.807) is 18.2 Å². The lowest BCUT2D eigenvalue weighted by atomic mass is 10.1. The van der Waals surface area contributed by atoms with Crippen LogP contribution in [0.1, 0.15) is 29.3 Å². The van der Waals surface area contributed by atoms with Crippen molar-refractivity contribution < 1.29 is 14.3 Å². The van der Waals surface area contributed by atoms with Crippen LogP contribution in [0.4, 0.5) is 0 Å². The lowest BCUT2D eigenvalue weighted by molar-refractivity contribution is -0.118. The number of rotatable bonds is 3. The summed E-state index contributed by atoms with van der Waals surface area (Å²) >= 11 is 3.36. The number of esters is 1. The average molecular weight is 324 g/mol. The Morgan fingerprint density at radius 3 is 2.74 bits per heavy atom. The lowest BCUT2D eigenvalue weighted by Gasteiger charge is -2.01. The van der Waals surface area contributed by atoms with Crippen molar-refractivity contribution in [3.8, 4) is 11.8 Å². The smallest absolute Gasteiger partial charge is 0.337 e. The maximum Gasteiger partial charge on any atom is 0.337 e. The summed E-state index contributed by atoms with van der Waals surface area (Å²) in [7, 11) is 1.34. The van der Waals surface area contributed by atoms with Gasteiger partial charge in [-0.1, -0.05) is 11.8 Å². The van der Waals surface area contributed by atoms with Crippen LogP contribution in [0.2, 0.25) is 0 Å². The molecule has 1 amide bonds. The molecule has 0 saturated carbocycles. The number of halogens is 1. The summed E-state index contributed by atoms with van der Waals surface area (Å²) < 4.78 is 5.37. The zero-order valence-corrected chi connectivity index (χ0v) is 12.3. The Hall–Kier alpha value is -1.80. The van der Waals surface area contributed by atoms with Gasteiger partial charge in [0.25, 0.3) is 0 Å². The van der Waals surface area contributed by atoms with Gasteiger partial charge in [0.1, 0.15) is 0 Å². The summed E-state index contributed by atoms with van der Waals surface area (Å²) in [6.07, 6.45) is 0.574. The molecule has 0 saturated heterocycles. The molecule has 1 aromatic carbocycles. The van der Waals surface area contributed by atoms with Crippen molar-refractivity contribution in [2.24, 2.45) is 0 Å². The molecule has 1 N–H and O–H groups in total. The van der Waals surface area contributed by atoms with Crippen LogP contribution in [0, 0.1) is 11.8 Å². The fourth-order valence-corrected chi connectivity index (χ4v) is 1.80. The number of amides is 1. The maximum atomic E-state index is 11.3. The fraction of sp³-hybridized carbons (Fsp3) is 0.286. The van der Waals surface area contributed by atoms with Crippen LogP contribution in [0.3, 0.4) is 0 Å². The summed E-state index contributed by atoms with van der Waals surface area (Å²) in [4.78, 5) is 22.0. The minimum absolute atomic E-state index is 0.0644. The van der Waals surface area contributed by atoms with Gasteiger partial charge in [-0.05, 0) is 34.1 Å². The van der Waals surface area contributed by atoms with Gasteiger partial charge in [0.15, 0.2) is 0 Å². The van der Waals surface area contributed by atoms with Gasteiger partial charge < -0.3 is 10.1 Å². The molecule has 0 aliphatic rings. The van der Waals surface area contributed by atoms with Gasteiger partial charge in [-0.2, -0.15) is 0 Å². The number of methoxy groups -OCH3 is 1. The second kappa shape index (κ2) is 7.59. The van der Waals surface area contributed by atoms with E-state index in [-0.39, 0.29) is 11.9 Å². The summed E-state index contributed by atoms with van der Waals surface area (Å²) in [5.41, 5.74) is 1.26. The molecule has 5 heteroatoms. The predicted octanol–water partition coefficient (Wildman–Crippen LogP) is 2.11. The Kier molecular flexibility index (Phi) is 6.10. The summed E-state index contributed by atoms with van der Waals surface area (Å²) in [6, 6.07) is 5.08. The molecule has 0 heterocycles. The first kappa shape index (κ1) is 15.3. The van der Waals surface area contributed by atoms with Gasteiger partial charge in [0.2, 0.25) is 5.91 Å². The molecule has 0 aliphatic heterocycles. The third-order valence-corrected chi connectivity index (χ3v) is 2.89. The van der Waals surface area contributed by atoms with Crippen LogP contribution < -0.4 is 5.32 Å². The maximum absolute atomic E-state index is 11.3. The molecule has 0 aliphatic carbocycles. The second-order valence-corrected chi connectivity index (χ2v) is 4.58. The Morgan fingerprint density at radius 1 is 1.42 bits per heavy atom. The van der Waals surface area contributed by atoms with Gasteiger partial charge in [-0.3, -0.25) is 4.79 Å². The van der Waals surface area contributed by atoms with Crippen molar-refractivity contribution in [1.29, 1.82) is 0 Å². The van der Waals surface area contributed by atoms with Crippen LogP contribution in [-0.4, -0.2) is 25.5 Å². The molecule has 0 bridgehead atoms. The number of carbonyl (C=O) groups excluding carboxylic acids is 2. The highest BCUT2D eigenvalue weighted by Crippen LogP contribution is 2.18. The monoisotopic (exact) mass is 323 g/mol. The van der Waals surface area contributed by atoms with Crippen molar-refractivity contribution in [3.63, 3.8) is 0 Å². The molecular formula is C14H14BrNO3. The van der Waals surface area contributed by atoms with Gasteiger partial charge in [-0.25, -0.2) is 4.79 Å². The molecule has 1 aromatic rings. The first-order chi connectivity index (χ1) is 9.04. The predicted molar refractivity (Wildman–Crippen MR) is 75.7 cm³/mol. The third-order valence-electron chi connectivity index (χ3n) is 2.24. The number of nitrogens with one attached hydrogen (secondary N) is 1. The van der Waals surface area contributed by atoms with E-state index < -0.39 is 0 Å². The molecule has 0 fully saturated rings. The highest BCUT2D eigenvalue weighted by molar-refractivity contribution is 9.10. The molecule has 100 valence electrons. The Morgan fingerprint density at radius 2 is 2.16 bits per heavy atom. The van der Waals surface area contributed by atoms with E-state index in [0.29, 0.717) is 18.5 Å². The van der Waals surface area contributed by atoms with Crippen molar-refractivity contribution >= 4 is 27.8 Å². The van der Waals surface area contributed by atoms with E-state index in [9.17, 15) is 9.59 Å². The minimum atomic E-state index is -0.383. The van der Waals surface area contributed by atoms with E-state index in [2.05, 4.69) is 37.8 Å². The number of hydrogen-bond acceptors (Lipinski definition) is 3. The standard InChI is InChI=1S/C14H14BrNO3/c1-10(17)16-8-4-3-5-11-6-7-12(9-13(11)15)14(18)19-2/h6-7,9H,4,8H2,1-2H3,(H,16,17). The van der Waals surface area contributed by atoms with Gasteiger partial charge in [0.05, 0.1) is 12.7 Å². The number of benzene rings is 1. The van der Waals surface area contributed by atoms with Gasteiger partial charge in [-0.15, -0.1) is 0 Å². The van der Waals surface area contributed by atoms with Crippen LogP contribution >= 0.6 is 15.9 Å². The zero-order chi connectivity index (χ0) is 14.3. The van der Waals surface area contributed by atoms with Crippen molar-refractivity contribution in [1.82, 2.24) is 5.32 Å². The Balaban J connectivity index is 2.67. The Labute approximate surface area is 120 Å². The van der Waals surface area contributed by atoms with Crippen LogP contribution in [0.5, 0.6) is 0 Å². The van der Waals surface area contributed by atoms with Crippen molar-refractivity contribution in [2.45, 2.75) is 13.3 Å². The van der Waals surface area contributed by atoms with Crippen molar-refractivity contribution in [3.05, 3.63) is 33.8 Å². The van der Waals surface area contributed by atoms with Crippen molar-refractivity contribution in [2.75, 3.05) is 13.7 Å². The topological polar surface area (TPSA) is 55.4 Å². The molecule has 0 unspecified atom stereocenters. The molecule has 1 rings (SSSR count).